The minimum absolute atomic E-state index is 0.111. The van der Waals surface area contributed by atoms with E-state index < -0.39 is 0 Å². The third-order valence-electron chi connectivity index (χ3n) is 6.09. The Hall–Kier alpha value is -2.20. The van der Waals surface area contributed by atoms with Crippen LogP contribution in [0, 0.1) is 18.7 Å². The molecule has 29 heavy (non-hydrogen) atoms. The van der Waals surface area contributed by atoms with Crippen molar-refractivity contribution in [2.45, 2.75) is 39.0 Å². The Kier molecular flexibility index (Phi) is 7.82. The molecular formula is C25H33FN2O. The van der Waals surface area contributed by atoms with Crippen LogP contribution in [0.3, 0.4) is 0 Å². The van der Waals surface area contributed by atoms with Gasteiger partial charge in [-0.1, -0.05) is 42.5 Å². The van der Waals surface area contributed by atoms with E-state index in [2.05, 4.69) is 24.0 Å². The molecular weight excluding hydrogens is 363 g/mol. The SMILES string of the molecule is Cc1ccccc1CCC(=O)N(C)CC1CCCN(CCc2ccccc2F)C1. The van der Waals surface area contributed by atoms with Gasteiger partial charge in [0.15, 0.2) is 0 Å². The van der Waals surface area contributed by atoms with Gasteiger partial charge < -0.3 is 9.80 Å². The van der Waals surface area contributed by atoms with Crippen LogP contribution in [-0.2, 0) is 17.6 Å². The highest BCUT2D eigenvalue weighted by atomic mass is 19.1. The molecule has 0 aromatic heterocycles. The average molecular weight is 397 g/mol. The molecule has 2 aromatic carbocycles. The fourth-order valence-electron chi connectivity index (χ4n) is 4.30. The summed E-state index contributed by atoms with van der Waals surface area (Å²) < 4.78 is 13.8. The summed E-state index contributed by atoms with van der Waals surface area (Å²) in [6.45, 7) is 5.84. The minimum atomic E-state index is -0.111. The first-order chi connectivity index (χ1) is 14.0. The topological polar surface area (TPSA) is 23.6 Å². The molecule has 1 aliphatic rings. The Balaban J connectivity index is 1.43. The number of nitrogens with zero attached hydrogens (tertiary/aromatic N) is 2. The van der Waals surface area contributed by atoms with Gasteiger partial charge in [0.1, 0.15) is 5.82 Å². The predicted molar refractivity (Wildman–Crippen MR) is 116 cm³/mol. The van der Waals surface area contributed by atoms with Crippen LogP contribution in [0.5, 0.6) is 0 Å². The maximum Gasteiger partial charge on any atom is 0.222 e. The summed E-state index contributed by atoms with van der Waals surface area (Å²) in [4.78, 5) is 16.9. The number of benzene rings is 2. The first-order valence-electron chi connectivity index (χ1n) is 10.8. The van der Waals surface area contributed by atoms with Crippen molar-refractivity contribution in [3.05, 3.63) is 71.0 Å². The van der Waals surface area contributed by atoms with Crippen molar-refractivity contribution in [2.75, 3.05) is 33.2 Å². The zero-order valence-electron chi connectivity index (χ0n) is 17.7. The zero-order valence-corrected chi connectivity index (χ0v) is 17.7. The third kappa shape index (κ3) is 6.40. The molecule has 4 heteroatoms. The number of likely N-dealkylation sites (tertiary alicyclic amines) is 1. The fraction of sp³-hybridized carbons (Fsp3) is 0.480. The fourth-order valence-corrected chi connectivity index (χ4v) is 4.30. The number of halogens is 1. The van der Waals surface area contributed by atoms with Crippen LogP contribution >= 0.6 is 0 Å². The number of amides is 1. The Morgan fingerprint density at radius 2 is 1.83 bits per heavy atom. The quantitative estimate of drug-likeness (QED) is 0.657. The monoisotopic (exact) mass is 396 g/mol. The lowest BCUT2D eigenvalue weighted by atomic mass is 9.96. The normalized spacial score (nSPS) is 17.3. The molecule has 0 N–H and O–H groups in total. The summed E-state index contributed by atoms with van der Waals surface area (Å²) in [5.41, 5.74) is 3.30. The van der Waals surface area contributed by atoms with Crippen LogP contribution in [0.1, 0.15) is 36.0 Å². The van der Waals surface area contributed by atoms with E-state index in [4.69, 9.17) is 0 Å². The van der Waals surface area contributed by atoms with Crippen LogP contribution in [0.15, 0.2) is 48.5 Å². The second kappa shape index (κ2) is 10.5. The lowest BCUT2D eigenvalue weighted by Crippen LogP contribution is -2.42. The van der Waals surface area contributed by atoms with Crippen molar-refractivity contribution < 1.29 is 9.18 Å². The van der Waals surface area contributed by atoms with E-state index >= 15 is 0 Å². The molecule has 2 aromatic rings. The summed E-state index contributed by atoms with van der Waals surface area (Å²) in [6.07, 6.45) is 4.41. The van der Waals surface area contributed by atoms with Crippen molar-refractivity contribution in [1.82, 2.24) is 9.80 Å². The standard InChI is InChI=1S/C25H33FN2O/c1-20-8-3-4-10-22(20)13-14-25(29)27(2)18-21-9-7-16-28(19-21)17-15-23-11-5-6-12-24(23)26/h3-6,8,10-12,21H,7,9,13-19H2,1-2H3. The van der Waals surface area contributed by atoms with Gasteiger partial charge in [0.2, 0.25) is 5.91 Å². The maximum absolute atomic E-state index is 13.8. The van der Waals surface area contributed by atoms with Crippen molar-refractivity contribution >= 4 is 5.91 Å². The summed E-state index contributed by atoms with van der Waals surface area (Å²) in [5.74, 6) is 0.605. The molecule has 1 fully saturated rings. The Morgan fingerprint density at radius 1 is 1.10 bits per heavy atom. The second-order valence-corrected chi connectivity index (χ2v) is 8.35. The maximum atomic E-state index is 13.8. The minimum Gasteiger partial charge on any atom is -0.345 e. The van der Waals surface area contributed by atoms with Crippen molar-refractivity contribution in [1.29, 1.82) is 0 Å². The molecule has 1 unspecified atom stereocenters. The molecule has 0 spiro atoms. The van der Waals surface area contributed by atoms with Crippen LogP contribution in [-0.4, -0.2) is 48.9 Å². The Bertz CT molecular complexity index is 807. The molecule has 1 heterocycles. The molecule has 1 amide bonds. The average Bonchev–Trinajstić information content (AvgIpc) is 2.72. The van der Waals surface area contributed by atoms with E-state index in [0.717, 1.165) is 57.4 Å². The van der Waals surface area contributed by atoms with Crippen molar-refractivity contribution in [3.8, 4) is 0 Å². The molecule has 1 saturated heterocycles. The van der Waals surface area contributed by atoms with Crippen molar-refractivity contribution in [2.24, 2.45) is 5.92 Å². The predicted octanol–water partition coefficient (Wildman–Crippen LogP) is 4.48. The highest BCUT2D eigenvalue weighted by Crippen LogP contribution is 2.19. The Labute approximate surface area is 174 Å². The molecule has 156 valence electrons. The highest BCUT2D eigenvalue weighted by molar-refractivity contribution is 5.76. The van der Waals surface area contributed by atoms with Gasteiger partial charge in [0.05, 0.1) is 0 Å². The van der Waals surface area contributed by atoms with E-state index in [1.165, 1.54) is 17.2 Å². The third-order valence-corrected chi connectivity index (χ3v) is 6.09. The van der Waals surface area contributed by atoms with E-state index in [1.807, 2.05) is 36.2 Å². The number of hydrogen-bond acceptors (Lipinski definition) is 2. The van der Waals surface area contributed by atoms with E-state index in [-0.39, 0.29) is 11.7 Å². The molecule has 3 rings (SSSR count). The highest BCUT2D eigenvalue weighted by Gasteiger charge is 2.22. The van der Waals surface area contributed by atoms with Crippen LogP contribution in [0.2, 0.25) is 0 Å². The van der Waals surface area contributed by atoms with Gasteiger partial charge in [-0.05, 0) is 67.8 Å². The molecule has 0 saturated carbocycles. The molecule has 0 radical (unpaired) electrons. The van der Waals surface area contributed by atoms with Crippen molar-refractivity contribution in [3.63, 3.8) is 0 Å². The van der Waals surface area contributed by atoms with E-state index in [0.29, 0.717) is 12.3 Å². The van der Waals surface area contributed by atoms with Gasteiger partial charge in [-0.15, -0.1) is 0 Å². The first-order valence-corrected chi connectivity index (χ1v) is 10.8. The lowest BCUT2D eigenvalue weighted by molar-refractivity contribution is -0.130. The molecule has 1 atom stereocenters. The van der Waals surface area contributed by atoms with Gasteiger partial charge in [0, 0.05) is 33.1 Å². The van der Waals surface area contributed by atoms with Crippen LogP contribution in [0.25, 0.3) is 0 Å². The number of hydrogen-bond donors (Lipinski definition) is 0. The summed E-state index contributed by atoms with van der Waals surface area (Å²) in [5, 5.41) is 0. The summed E-state index contributed by atoms with van der Waals surface area (Å²) in [7, 11) is 1.93. The number of carbonyl (C=O) groups is 1. The number of piperidine rings is 1. The van der Waals surface area contributed by atoms with Gasteiger partial charge in [-0.3, -0.25) is 4.79 Å². The van der Waals surface area contributed by atoms with Gasteiger partial charge in [0.25, 0.3) is 0 Å². The number of rotatable bonds is 8. The largest absolute Gasteiger partial charge is 0.345 e. The summed E-state index contributed by atoms with van der Waals surface area (Å²) in [6, 6.07) is 15.3. The lowest BCUT2D eigenvalue weighted by Gasteiger charge is -2.34. The first kappa shape index (κ1) is 21.5. The van der Waals surface area contributed by atoms with Gasteiger partial charge in [-0.2, -0.15) is 0 Å². The molecule has 3 nitrogen and oxygen atoms in total. The van der Waals surface area contributed by atoms with Crippen LogP contribution < -0.4 is 0 Å². The molecule has 1 aliphatic heterocycles. The summed E-state index contributed by atoms with van der Waals surface area (Å²) >= 11 is 0. The van der Waals surface area contributed by atoms with Crippen LogP contribution in [0.4, 0.5) is 4.39 Å². The molecule has 0 bridgehead atoms. The smallest absolute Gasteiger partial charge is 0.222 e. The van der Waals surface area contributed by atoms with E-state index in [9.17, 15) is 9.18 Å². The second-order valence-electron chi connectivity index (χ2n) is 8.35. The van der Waals surface area contributed by atoms with E-state index in [1.54, 1.807) is 6.07 Å². The number of aryl methyl sites for hydroxylation is 2. The van der Waals surface area contributed by atoms with Gasteiger partial charge in [-0.25, -0.2) is 4.39 Å². The zero-order chi connectivity index (χ0) is 20.6. The molecule has 0 aliphatic carbocycles. The Morgan fingerprint density at radius 3 is 2.59 bits per heavy atom. The number of carbonyl (C=O) groups excluding carboxylic acids is 1. The van der Waals surface area contributed by atoms with Gasteiger partial charge >= 0.3 is 0 Å².